The normalized spacial score (nSPS) is 14.1. The second-order valence-electron chi connectivity index (χ2n) is 5.12. The summed E-state index contributed by atoms with van der Waals surface area (Å²) in [5.74, 6) is 0.344. The number of ether oxygens (including phenoxy) is 2. The van der Waals surface area contributed by atoms with Crippen LogP contribution in [0.4, 0.5) is 0 Å². The Bertz CT molecular complexity index is 457. The highest BCUT2D eigenvalue weighted by Gasteiger charge is 2.39. The molecule has 0 aliphatic carbocycles. The molecule has 0 spiro atoms. The molecule has 1 atom stereocenters. The minimum atomic E-state index is -0.930. The van der Waals surface area contributed by atoms with Crippen molar-refractivity contribution in [3.63, 3.8) is 0 Å². The van der Waals surface area contributed by atoms with Gasteiger partial charge in [0.05, 0.1) is 14.2 Å². The number of carbonyl (C=O) groups is 1. The molecular formula is C15H23NO3. The van der Waals surface area contributed by atoms with Gasteiger partial charge in [-0.1, -0.05) is 11.6 Å². The van der Waals surface area contributed by atoms with E-state index >= 15 is 0 Å². The van der Waals surface area contributed by atoms with Crippen molar-refractivity contribution in [1.29, 1.82) is 0 Å². The van der Waals surface area contributed by atoms with Gasteiger partial charge in [0.25, 0.3) is 0 Å². The molecule has 0 bridgehead atoms. The molecule has 0 aliphatic heterocycles. The zero-order valence-electron chi connectivity index (χ0n) is 12.5. The molecule has 0 fully saturated rings. The quantitative estimate of drug-likeness (QED) is 0.830. The Morgan fingerprint density at radius 1 is 1.32 bits per heavy atom. The predicted molar refractivity (Wildman–Crippen MR) is 75.4 cm³/mol. The molecular weight excluding hydrogens is 242 g/mol. The summed E-state index contributed by atoms with van der Waals surface area (Å²) in [6.07, 6.45) is 0. The summed E-state index contributed by atoms with van der Waals surface area (Å²) >= 11 is 0. The summed E-state index contributed by atoms with van der Waals surface area (Å²) in [6, 6.07) is 5.91. The second-order valence-corrected chi connectivity index (χ2v) is 5.12. The summed E-state index contributed by atoms with van der Waals surface area (Å²) in [7, 11) is 2.99. The summed E-state index contributed by atoms with van der Waals surface area (Å²) in [4.78, 5) is 12.2. The van der Waals surface area contributed by atoms with Gasteiger partial charge >= 0.3 is 5.97 Å². The van der Waals surface area contributed by atoms with Gasteiger partial charge < -0.3 is 9.47 Å². The van der Waals surface area contributed by atoms with Crippen LogP contribution in [0.15, 0.2) is 18.2 Å². The fourth-order valence-corrected chi connectivity index (χ4v) is 2.24. The van der Waals surface area contributed by atoms with Crippen molar-refractivity contribution in [2.45, 2.75) is 39.3 Å². The summed E-state index contributed by atoms with van der Waals surface area (Å²) in [6.45, 7) is 7.78. The van der Waals surface area contributed by atoms with Crippen molar-refractivity contribution < 1.29 is 14.3 Å². The molecule has 1 rings (SSSR count). The third-order valence-electron chi connectivity index (χ3n) is 3.06. The molecule has 0 aromatic heterocycles. The smallest absolute Gasteiger partial charge is 0.330 e. The number of esters is 1. The van der Waals surface area contributed by atoms with Crippen LogP contribution in [0.5, 0.6) is 5.75 Å². The summed E-state index contributed by atoms with van der Waals surface area (Å²) < 4.78 is 10.3. The largest absolute Gasteiger partial charge is 0.496 e. The Hall–Kier alpha value is -1.55. The van der Waals surface area contributed by atoms with Gasteiger partial charge in [-0.25, -0.2) is 4.79 Å². The lowest BCUT2D eigenvalue weighted by Gasteiger charge is -2.32. The van der Waals surface area contributed by atoms with Gasteiger partial charge in [0.2, 0.25) is 0 Å². The van der Waals surface area contributed by atoms with E-state index in [1.54, 1.807) is 7.11 Å². The third-order valence-corrected chi connectivity index (χ3v) is 3.06. The highest BCUT2D eigenvalue weighted by Crippen LogP contribution is 2.32. The predicted octanol–water partition coefficient (Wildman–Crippen LogP) is 2.39. The number of hydrogen-bond donors (Lipinski definition) is 1. The molecule has 0 saturated heterocycles. The van der Waals surface area contributed by atoms with Crippen LogP contribution in [0.3, 0.4) is 0 Å². The first kappa shape index (κ1) is 15.5. The SMILES string of the molecule is COC(=O)C(C)(NC(C)C)c1cc(C)ccc1OC. The lowest BCUT2D eigenvalue weighted by Crippen LogP contribution is -2.50. The molecule has 19 heavy (non-hydrogen) atoms. The first-order valence-corrected chi connectivity index (χ1v) is 6.36. The Morgan fingerprint density at radius 2 is 1.95 bits per heavy atom. The maximum absolute atomic E-state index is 12.2. The Labute approximate surface area is 115 Å². The van der Waals surface area contributed by atoms with E-state index in [-0.39, 0.29) is 12.0 Å². The van der Waals surface area contributed by atoms with E-state index in [0.717, 1.165) is 11.1 Å². The Kier molecular flexibility index (Phi) is 4.95. The van der Waals surface area contributed by atoms with Crippen molar-refractivity contribution in [2.75, 3.05) is 14.2 Å². The van der Waals surface area contributed by atoms with E-state index < -0.39 is 5.54 Å². The number of hydrogen-bond acceptors (Lipinski definition) is 4. The zero-order chi connectivity index (χ0) is 14.6. The maximum Gasteiger partial charge on any atom is 0.330 e. The molecule has 4 heteroatoms. The Balaban J connectivity index is 3.39. The third kappa shape index (κ3) is 3.26. The maximum atomic E-state index is 12.2. The first-order valence-electron chi connectivity index (χ1n) is 6.36. The highest BCUT2D eigenvalue weighted by atomic mass is 16.5. The average molecular weight is 265 g/mol. The van der Waals surface area contributed by atoms with Gasteiger partial charge in [-0.15, -0.1) is 0 Å². The van der Waals surface area contributed by atoms with Crippen molar-refractivity contribution in [3.05, 3.63) is 29.3 Å². The van der Waals surface area contributed by atoms with Crippen LogP contribution in [0.1, 0.15) is 31.9 Å². The van der Waals surface area contributed by atoms with Crippen molar-refractivity contribution >= 4 is 5.97 Å². The highest BCUT2D eigenvalue weighted by molar-refractivity contribution is 5.83. The van der Waals surface area contributed by atoms with Crippen LogP contribution in [0, 0.1) is 6.92 Å². The minimum Gasteiger partial charge on any atom is -0.496 e. The number of rotatable bonds is 5. The van der Waals surface area contributed by atoms with E-state index in [4.69, 9.17) is 9.47 Å². The molecule has 1 N–H and O–H groups in total. The average Bonchev–Trinajstić information content (AvgIpc) is 2.36. The molecule has 0 heterocycles. The van der Waals surface area contributed by atoms with Crippen LogP contribution < -0.4 is 10.1 Å². The number of nitrogens with one attached hydrogen (secondary N) is 1. The Morgan fingerprint density at radius 3 is 2.42 bits per heavy atom. The molecule has 106 valence electrons. The number of carbonyl (C=O) groups excluding carboxylic acids is 1. The number of aryl methyl sites for hydroxylation is 1. The van der Waals surface area contributed by atoms with Crippen molar-refractivity contribution in [3.8, 4) is 5.75 Å². The van der Waals surface area contributed by atoms with E-state index in [1.165, 1.54) is 7.11 Å². The zero-order valence-corrected chi connectivity index (χ0v) is 12.5. The van der Waals surface area contributed by atoms with Gasteiger partial charge in [-0.3, -0.25) is 5.32 Å². The number of benzene rings is 1. The van der Waals surface area contributed by atoms with Crippen molar-refractivity contribution in [2.24, 2.45) is 0 Å². The van der Waals surface area contributed by atoms with E-state index in [0.29, 0.717) is 5.75 Å². The van der Waals surface area contributed by atoms with E-state index in [9.17, 15) is 4.79 Å². The van der Waals surface area contributed by atoms with Crippen LogP contribution in [-0.4, -0.2) is 26.2 Å². The van der Waals surface area contributed by atoms with Crippen LogP contribution in [0.25, 0.3) is 0 Å². The minimum absolute atomic E-state index is 0.134. The molecule has 1 aromatic rings. The lowest BCUT2D eigenvalue weighted by molar-refractivity contribution is -0.148. The molecule has 0 saturated carbocycles. The van der Waals surface area contributed by atoms with Gasteiger partial charge in [-0.2, -0.15) is 0 Å². The molecule has 0 amide bonds. The fourth-order valence-electron chi connectivity index (χ4n) is 2.24. The monoisotopic (exact) mass is 265 g/mol. The molecule has 4 nitrogen and oxygen atoms in total. The van der Waals surface area contributed by atoms with Crippen LogP contribution in [-0.2, 0) is 15.1 Å². The topological polar surface area (TPSA) is 47.6 Å². The van der Waals surface area contributed by atoms with Gasteiger partial charge in [0.15, 0.2) is 0 Å². The number of methoxy groups -OCH3 is 2. The molecule has 0 radical (unpaired) electrons. The van der Waals surface area contributed by atoms with Gasteiger partial charge in [-0.05, 0) is 39.8 Å². The van der Waals surface area contributed by atoms with E-state index in [1.807, 2.05) is 45.9 Å². The molecule has 1 aromatic carbocycles. The molecule has 0 aliphatic rings. The fraction of sp³-hybridized carbons (Fsp3) is 0.533. The van der Waals surface area contributed by atoms with Crippen molar-refractivity contribution in [1.82, 2.24) is 5.32 Å². The summed E-state index contributed by atoms with van der Waals surface area (Å²) in [5, 5.41) is 3.27. The first-order chi connectivity index (χ1) is 8.85. The van der Waals surface area contributed by atoms with E-state index in [2.05, 4.69) is 5.32 Å². The lowest BCUT2D eigenvalue weighted by atomic mass is 9.89. The molecule has 1 unspecified atom stereocenters. The summed E-state index contributed by atoms with van der Waals surface area (Å²) in [5.41, 5.74) is 0.923. The van der Waals surface area contributed by atoms with Crippen LogP contribution >= 0.6 is 0 Å². The standard InChI is InChI=1S/C15H23NO3/c1-10(2)16-15(4,14(17)19-6)12-9-11(3)7-8-13(12)18-5/h7-10,16H,1-6H3. The van der Waals surface area contributed by atoms with Gasteiger partial charge in [0.1, 0.15) is 11.3 Å². The second kappa shape index (κ2) is 6.06. The van der Waals surface area contributed by atoms with Crippen LogP contribution in [0.2, 0.25) is 0 Å². The van der Waals surface area contributed by atoms with Gasteiger partial charge in [0, 0.05) is 11.6 Å².